The van der Waals surface area contributed by atoms with Gasteiger partial charge in [0.1, 0.15) is 0 Å². The van der Waals surface area contributed by atoms with Crippen molar-refractivity contribution in [3.8, 4) is 0 Å². The maximum Gasteiger partial charge on any atom is 0.0239 e. The smallest absolute Gasteiger partial charge is 0.0239 e. The molecule has 0 radical (unpaired) electrons. The molecule has 0 saturated heterocycles. The number of hydrogen-bond acceptors (Lipinski definition) is 0. The van der Waals surface area contributed by atoms with Crippen LogP contribution >= 0.6 is 15.9 Å². The van der Waals surface area contributed by atoms with Crippen molar-refractivity contribution < 1.29 is 0 Å². The fourth-order valence-electron chi connectivity index (χ4n) is 2.17. The molecule has 1 aromatic rings. The molecule has 0 nitrogen and oxygen atoms in total. The molecule has 0 aromatic heterocycles. The molecule has 0 amide bonds. The molecule has 74 valence electrons. The minimum atomic E-state index is 0.863. The van der Waals surface area contributed by atoms with Gasteiger partial charge in [0.15, 0.2) is 0 Å². The van der Waals surface area contributed by atoms with Gasteiger partial charge in [-0.3, -0.25) is 0 Å². The van der Waals surface area contributed by atoms with Crippen molar-refractivity contribution in [2.75, 3.05) is 0 Å². The molecule has 2 saturated carbocycles. The quantitative estimate of drug-likeness (QED) is 0.725. The van der Waals surface area contributed by atoms with E-state index in [0.717, 1.165) is 11.8 Å². The fraction of sp³-hybridized carbons (Fsp3) is 0.538. The van der Waals surface area contributed by atoms with Crippen LogP contribution in [0, 0.1) is 6.92 Å². The van der Waals surface area contributed by atoms with Gasteiger partial charge in [-0.2, -0.15) is 0 Å². The number of hydrogen-bond donors (Lipinski definition) is 0. The van der Waals surface area contributed by atoms with Crippen LogP contribution in [0.2, 0.25) is 0 Å². The zero-order valence-electron chi connectivity index (χ0n) is 8.52. The highest BCUT2D eigenvalue weighted by atomic mass is 79.9. The summed E-state index contributed by atoms with van der Waals surface area (Å²) in [5.74, 6) is 1.75. The zero-order chi connectivity index (χ0) is 9.71. The Balaban J connectivity index is 2.06. The molecule has 14 heavy (non-hydrogen) atoms. The summed E-state index contributed by atoms with van der Waals surface area (Å²) in [6, 6.07) is 4.82. The van der Waals surface area contributed by atoms with E-state index in [1.54, 1.807) is 11.1 Å². The van der Waals surface area contributed by atoms with E-state index in [-0.39, 0.29) is 0 Å². The van der Waals surface area contributed by atoms with E-state index in [1.807, 2.05) is 0 Å². The predicted octanol–water partition coefficient (Wildman–Crippen LogP) is 4.51. The maximum absolute atomic E-state index is 3.72. The van der Waals surface area contributed by atoms with E-state index in [0.29, 0.717) is 0 Å². The molecule has 2 aliphatic carbocycles. The Labute approximate surface area is 93.8 Å². The largest absolute Gasteiger partial charge is 0.0547 e. The van der Waals surface area contributed by atoms with Crippen LogP contribution in [0.25, 0.3) is 0 Å². The van der Waals surface area contributed by atoms with Crippen LogP contribution < -0.4 is 0 Å². The summed E-state index contributed by atoms with van der Waals surface area (Å²) in [6.07, 6.45) is 5.61. The van der Waals surface area contributed by atoms with E-state index in [1.165, 1.54) is 35.7 Å². The third-order valence-electron chi connectivity index (χ3n) is 3.37. The molecule has 1 aromatic carbocycles. The second-order valence-corrected chi connectivity index (χ2v) is 5.58. The molecule has 0 N–H and O–H groups in total. The van der Waals surface area contributed by atoms with Crippen molar-refractivity contribution in [1.29, 1.82) is 0 Å². The van der Waals surface area contributed by atoms with Gasteiger partial charge in [-0.25, -0.2) is 0 Å². The predicted molar refractivity (Wildman–Crippen MR) is 62.8 cm³/mol. The van der Waals surface area contributed by atoms with Crippen molar-refractivity contribution in [3.05, 3.63) is 33.3 Å². The Kier molecular flexibility index (Phi) is 1.98. The first-order valence-corrected chi connectivity index (χ1v) is 6.35. The van der Waals surface area contributed by atoms with E-state index < -0.39 is 0 Å². The number of halogens is 1. The first-order valence-electron chi connectivity index (χ1n) is 5.55. The summed E-state index contributed by atoms with van der Waals surface area (Å²) in [5.41, 5.74) is 4.59. The molecule has 0 atom stereocenters. The molecule has 2 fully saturated rings. The van der Waals surface area contributed by atoms with Crippen molar-refractivity contribution >= 4 is 15.9 Å². The van der Waals surface area contributed by atoms with Gasteiger partial charge in [0.05, 0.1) is 0 Å². The lowest BCUT2D eigenvalue weighted by Crippen LogP contribution is -1.90. The molecule has 1 heteroatoms. The molecule has 0 bridgehead atoms. The van der Waals surface area contributed by atoms with Crippen LogP contribution in [0.5, 0.6) is 0 Å². The molecule has 3 rings (SSSR count). The number of rotatable bonds is 2. The van der Waals surface area contributed by atoms with Crippen LogP contribution in [0.3, 0.4) is 0 Å². The number of aryl methyl sites for hydroxylation is 1. The van der Waals surface area contributed by atoms with Crippen LogP contribution in [-0.4, -0.2) is 0 Å². The Hall–Kier alpha value is -0.300. The molecular formula is C13H15Br. The van der Waals surface area contributed by atoms with Gasteiger partial charge in [0.2, 0.25) is 0 Å². The summed E-state index contributed by atoms with van der Waals surface area (Å²) in [6.45, 7) is 2.22. The first kappa shape index (κ1) is 8.96. The van der Waals surface area contributed by atoms with Gasteiger partial charge in [-0.15, -0.1) is 0 Å². The van der Waals surface area contributed by atoms with E-state index in [9.17, 15) is 0 Å². The monoisotopic (exact) mass is 250 g/mol. The van der Waals surface area contributed by atoms with Crippen molar-refractivity contribution in [3.63, 3.8) is 0 Å². The van der Waals surface area contributed by atoms with Gasteiger partial charge in [0.25, 0.3) is 0 Å². The van der Waals surface area contributed by atoms with Gasteiger partial charge >= 0.3 is 0 Å². The van der Waals surface area contributed by atoms with E-state index in [2.05, 4.69) is 35.0 Å². The average molecular weight is 251 g/mol. The first-order chi connectivity index (χ1) is 6.75. The van der Waals surface area contributed by atoms with Crippen LogP contribution in [0.1, 0.15) is 54.2 Å². The summed E-state index contributed by atoms with van der Waals surface area (Å²) < 4.78 is 1.37. The third-order valence-corrected chi connectivity index (χ3v) is 4.45. The third kappa shape index (κ3) is 1.52. The maximum atomic E-state index is 3.72. The normalized spacial score (nSPS) is 21.3. The van der Waals surface area contributed by atoms with Gasteiger partial charge in [-0.05, 0) is 61.1 Å². The minimum absolute atomic E-state index is 0.863. The zero-order valence-corrected chi connectivity index (χ0v) is 10.1. The highest BCUT2D eigenvalue weighted by Gasteiger charge is 2.29. The molecule has 0 heterocycles. The summed E-state index contributed by atoms with van der Waals surface area (Å²) >= 11 is 3.72. The summed E-state index contributed by atoms with van der Waals surface area (Å²) in [5, 5.41) is 0. The average Bonchev–Trinajstić information content (AvgIpc) is 3.04. The minimum Gasteiger partial charge on any atom is -0.0547 e. The van der Waals surface area contributed by atoms with E-state index in [4.69, 9.17) is 0 Å². The molecular weight excluding hydrogens is 236 g/mol. The topological polar surface area (TPSA) is 0 Å². The second-order valence-electron chi connectivity index (χ2n) is 4.79. The second kappa shape index (κ2) is 3.10. The van der Waals surface area contributed by atoms with Crippen molar-refractivity contribution in [2.24, 2.45) is 0 Å². The SMILES string of the molecule is Cc1cc(C2CC2)cc(C2CC2)c1Br. The van der Waals surface area contributed by atoms with Crippen LogP contribution in [0.4, 0.5) is 0 Å². The lowest BCUT2D eigenvalue weighted by molar-refractivity contribution is 1.05. The Morgan fingerprint density at radius 2 is 1.71 bits per heavy atom. The molecule has 2 aliphatic rings. The lowest BCUT2D eigenvalue weighted by Gasteiger charge is -2.09. The lowest BCUT2D eigenvalue weighted by atomic mass is 10.0. The van der Waals surface area contributed by atoms with Gasteiger partial charge in [0, 0.05) is 4.47 Å². The van der Waals surface area contributed by atoms with Crippen LogP contribution in [-0.2, 0) is 0 Å². The van der Waals surface area contributed by atoms with E-state index >= 15 is 0 Å². The standard InChI is InChI=1S/C13H15Br/c1-8-6-11(9-2-3-9)7-12(13(8)14)10-4-5-10/h6-7,9-10H,2-5H2,1H3. The van der Waals surface area contributed by atoms with Crippen LogP contribution in [0.15, 0.2) is 16.6 Å². The highest BCUT2D eigenvalue weighted by molar-refractivity contribution is 9.10. The molecule has 0 unspecified atom stereocenters. The Morgan fingerprint density at radius 3 is 2.29 bits per heavy atom. The van der Waals surface area contributed by atoms with Gasteiger partial charge in [-0.1, -0.05) is 28.1 Å². The number of benzene rings is 1. The Morgan fingerprint density at radius 1 is 1.07 bits per heavy atom. The summed E-state index contributed by atoms with van der Waals surface area (Å²) in [7, 11) is 0. The molecule has 0 spiro atoms. The molecule has 0 aliphatic heterocycles. The Bertz CT molecular complexity index is 373. The van der Waals surface area contributed by atoms with Crippen molar-refractivity contribution in [1.82, 2.24) is 0 Å². The van der Waals surface area contributed by atoms with Gasteiger partial charge < -0.3 is 0 Å². The highest BCUT2D eigenvalue weighted by Crippen LogP contribution is 2.48. The fourth-order valence-corrected chi connectivity index (χ4v) is 2.72. The van der Waals surface area contributed by atoms with Crippen molar-refractivity contribution in [2.45, 2.75) is 44.4 Å². The summed E-state index contributed by atoms with van der Waals surface area (Å²) in [4.78, 5) is 0.